The van der Waals surface area contributed by atoms with E-state index in [0.717, 1.165) is 0 Å². The number of benzene rings is 1. The molecule has 6 nitrogen and oxygen atoms in total. The number of carbonyl (C=O) groups excluding carboxylic acids is 1. The summed E-state index contributed by atoms with van der Waals surface area (Å²) in [5, 5.41) is 2.91. The quantitative estimate of drug-likeness (QED) is 0.802. The Kier molecular flexibility index (Phi) is 6.00. The Morgan fingerprint density at radius 3 is 2.38 bits per heavy atom. The highest BCUT2D eigenvalue weighted by Crippen LogP contribution is 2.15. The van der Waals surface area contributed by atoms with Crippen molar-refractivity contribution >= 4 is 34.0 Å². The molecule has 1 aromatic carbocycles. The van der Waals surface area contributed by atoms with Gasteiger partial charge in [-0.25, -0.2) is 12.7 Å². The summed E-state index contributed by atoms with van der Waals surface area (Å²) in [4.78, 5) is 12.1. The first kappa shape index (κ1) is 17.7. The van der Waals surface area contributed by atoms with Crippen molar-refractivity contribution in [3.05, 3.63) is 29.8 Å². The number of carbonyl (C=O) groups is 1. The third-order valence-corrected chi connectivity index (χ3v) is 4.77. The topological polar surface area (TPSA) is 92.5 Å². The molecule has 0 aliphatic carbocycles. The van der Waals surface area contributed by atoms with Gasteiger partial charge in [-0.3, -0.25) is 4.79 Å². The zero-order chi connectivity index (χ0) is 14.8. The van der Waals surface area contributed by atoms with Crippen molar-refractivity contribution in [3.63, 3.8) is 0 Å². The molecule has 0 aromatic heterocycles. The van der Waals surface area contributed by atoms with Gasteiger partial charge in [0.15, 0.2) is 0 Å². The highest BCUT2D eigenvalue weighted by atomic mass is 35.5. The molecule has 3 N–H and O–H groups in total. The lowest BCUT2D eigenvalue weighted by Crippen LogP contribution is -2.46. The van der Waals surface area contributed by atoms with Gasteiger partial charge in [-0.1, -0.05) is 12.1 Å². The van der Waals surface area contributed by atoms with Crippen molar-refractivity contribution in [2.75, 3.05) is 25.1 Å². The zero-order valence-corrected chi connectivity index (χ0v) is 13.4. The van der Waals surface area contributed by atoms with E-state index in [1.165, 1.54) is 10.6 Å². The van der Waals surface area contributed by atoms with E-state index in [-0.39, 0.29) is 24.4 Å². The number of amides is 1. The lowest BCUT2D eigenvalue weighted by Gasteiger charge is -2.30. The second-order valence-corrected chi connectivity index (χ2v) is 6.98. The largest absolute Gasteiger partial charge is 0.398 e. The van der Waals surface area contributed by atoms with Crippen LogP contribution in [-0.4, -0.2) is 44.0 Å². The Morgan fingerprint density at radius 1 is 1.29 bits per heavy atom. The number of para-hydroxylation sites is 1. The maximum Gasteiger partial charge on any atom is 0.253 e. The Labute approximate surface area is 131 Å². The predicted molar refractivity (Wildman–Crippen MR) is 85.0 cm³/mol. The van der Waals surface area contributed by atoms with Gasteiger partial charge >= 0.3 is 0 Å². The molecule has 1 aliphatic rings. The number of halogens is 1. The molecule has 1 amide bonds. The molecule has 1 saturated heterocycles. The van der Waals surface area contributed by atoms with Gasteiger partial charge in [-0.2, -0.15) is 0 Å². The molecule has 0 radical (unpaired) electrons. The first-order valence-electron chi connectivity index (χ1n) is 6.48. The molecule has 0 unspecified atom stereocenters. The van der Waals surface area contributed by atoms with E-state index in [1.54, 1.807) is 24.3 Å². The van der Waals surface area contributed by atoms with Gasteiger partial charge in [-0.05, 0) is 25.0 Å². The number of sulfonamides is 1. The molecule has 0 spiro atoms. The number of anilines is 1. The molecule has 2 rings (SSSR count). The summed E-state index contributed by atoms with van der Waals surface area (Å²) in [6, 6.07) is 6.88. The fourth-order valence-corrected chi connectivity index (χ4v) is 3.17. The Bertz CT molecular complexity index is 598. The Balaban J connectivity index is 0.00000220. The van der Waals surface area contributed by atoms with E-state index < -0.39 is 10.0 Å². The molecule has 118 valence electrons. The third kappa shape index (κ3) is 4.59. The molecular formula is C13H20ClN3O3S. The molecule has 1 aliphatic heterocycles. The summed E-state index contributed by atoms with van der Waals surface area (Å²) in [7, 11) is -3.14. The fourth-order valence-electron chi connectivity index (χ4n) is 2.30. The lowest BCUT2D eigenvalue weighted by molar-refractivity contribution is 0.0925. The molecule has 8 heteroatoms. The highest BCUT2D eigenvalue weighted by molar-refractivity contribution is 7.88. The van der Waals surface area contributed by atoms with Crippen LogP contribution in [0.5, 0.6) is 0 Å². The summed E-state index contributed by atoms with van der Waals surface area (Å²) >= 11 is 0. The van der Waals surface area contributed by atoms with Crippen LogP contribution in [0.3, 0.4) is 0 Å². The molecule has 0 bridgehead atoms. The van der Waals surface area contributed by atoms with E-state index in [1.807, 2.05) is 0 Å². The second kappa shape index (κ2) is 7.11. The standard InChI is InChI=1S/C13H19N3O3S.ClH/c1-20(18,19)16-8-6-10(7-9-16)15-13(17)11-4-2-3-5-12(11)14;/h2-5,10H,6-9,14H2,1H3,(H,15,17);1H. The molecule has 21 heavy (non-hydrogen) atoms. The van der Waals surface area contributed by atoms with E-state index >= 15 is 0 Å². The number of hydrogen-bond donors (Lipinski definition) is 2. The molecule has 1 heterocycles. The van der Waals surface area contributed by atoms with Gasteiger partial charge in [0.1, 0.15) is 0 Å². The monoisotopic (exact) mass is 333 g/mol. The molecule has 0 saturated carbocycles. The summed E-state index contributed by atoms with van der Waals surface area (Å²) in [5.41, 5.74) is 6.66. The molecule has 1 aromatic rings. The zero-order valence-electron chi connectivity index (χ0n) is 11.8. The average Bonchev–Trinajstić information content (AvgIpc) is 2.38. The number of piperidine rings is 1. The number of rotatable bonds is 3. The summed E-state index contributed by atoms with van der Waals surface area (Å²) in [6.45, 7) is 0.877. The first-order valence-corrected chi connectivity index (χ1v) is 8.33. The van der Waals surface area contributed by atoms with Crippen molar-refractivity contribution in [2.45, 2.75) is 18.9 Å². The van der Waals surface area contributed by atoms with Crippen LogP contribution >= 0.6 is 12.4 Å². The molecular weight excluding hydrogens is 314 g/mol. The van der Waals surface area contributed by atoms with Crippen LogP contribution in [0.2, 0.25) is 0 Å². The van der Waals surface area contributed by atoms with Crippen molar-refractivity contribution in [1.29, 1.82) is 0 Å². The maximum absolute atomic E-state index is 12.1. The van der Waals surface area contributed by atoms with Crippen LogP contribution in [0.1, 0.15) is 23.2 Å². The van der Waals surface area contributed by atoms with Crippen LogP contribution in [0.25, 0.3) is 0 Å². The number of nitrogen functional groups attached to an aromatic ring is 1. The first-order chi connectivity index (χ1) is 9.38. The van der Waals surface area contributed by atoms with E-state index in [0.29, 0.717) is 37.2 Å². The van der Waals surface area contributed by atoms with Crippen molar-refractivity contribution in [1.82, 2.24) is 9.62 Å². The second-order valence-electron chi connectivity index (χ2n) is 5.00. The van der Waals surface area contributed by atoms with Crippen LogP contribution in [-0.2, 0) is 10.0 Å². The SMILES string of the molecule is CS(=O)(=O)N1CCC(NC(=O)c2ccccc2N)CC1.Cl. The van der Waals surface area contributed by atoms with Gasteiger partial charge in [-0.15, -0.1) is 12.4 Å². The smallest absolute Gasteiger partial charge is 0.253 e. The van der Waals surface area contributed by atoms with Gasteiger partial charge in [0.2, 0.25) is 10.0 Å². The number of nitrogens with zero attached hydrogens (tertiary/aromatic N) is 1. The van der Waals surface area contributed by atoms with Gasteiger partial charge in [0.25, 0.3) is 5.91 Å². The van der Waals surface area contributed by atoms with Crippen molar-refractivity contribution in [3.8, 4) is 0 Å². The number of hydrogen-bond acceptors (Lipinski definition) is 4. The maximum atomic E-state index is 12.1. The Morgan fingerprint density at radius 2 is 1.86 bits per heavy atom. The molecule has 0 atom stereocenters. The normalized spacial score (nSPS) is 17.0. The van der Waals surface area contributed by atoms with Crippen LogP contribution in [0.4, 0.5) is 5.69 Å². The van der Waals surface area contributed by atoms with Gasteiger partial charge in [0.05, 0.1) is 11.8 Å². The van der Waals surface area contributed by atoms with Crippen LogP contribution in [0.15, 0.2) is 24.3 Å². The predicted octanol–water partition coefficient (Wildman–Crippen LogP) is 0.844. The Hall–Kier alpha value is -1.31. The minimum absolute atomic E-state index is 0. The summed E-state index contributed by atoms with van der Waals surface area (Å²) in [6.07, 6.45) is 2.44. The minimum atomic E-state index is -3.14. The minimum Gasteiger partial charge on any atom is -0.398 e. The van der Waals surface area contributed by atoms with E-state index in [9.17, 15) is 13.2 Å². The van der Waals surface area contributed by atoms with Crippen molar-refractivity contribution in [2.24, 2.45) is 0 Å². The fraction of sp³-hybridized carbons (Fsp3) is 0.462. The summed E-state index contributed by atoms with van der Waals surface area (Å²) < 4.78 is 24.2. The van der Waals surface area contributed by atoms with E-state index in [4.69, 9.17) is 5.73 Å². The lowest BCUT2D eigenvalue weighted by atomic mass is 10.1. The van der Waals surface area contributed by atoms with Crippen LogP contribution < -0.4 is 11.1 Å². The highest BCUT2D eigenvalue weighted by Gasteiger charge is 2.26. The summed E-state index contributed by atoms with van der Waals surface area (Å²) in [5.74, 6) is -0.207. The average molecular weight is 334 g/mol. The number of nitrogens with two attached hydrogens (primary N) is 1. The van der Waals surface area contributed by atoms with Crippen LogP contribution in [0, 0.1) is 0 Å². The van der Waals surface area contributed by atoms with Gasteiger partial charge in [0, 0.05) is 24.8 Å². The van der Waals surface area contributed by atoms with E-state index in [2.05, 4.69) is 5.32 Å². The molecule has 1 fully saturated rings. The number of nitrogens with one attached hydrogen (secondary N) is 1. The van der Waals surface area contributed by atoms with Gasteiger partial charge < -0.3 is 11.1 Å². The third-order valence-electron chi connectivity index (χ3n) is 3.46. The van der Waals surface area contributed by atoms with Crippen molar-refractivity contribution < 1.29 is 13.2 Å².